The smallest absolute Gasteiger partial charge is 0.449 e. The van der Waals surface area contributed by atoms with Gasteiger partial charge in [0, 0.05) is 4.90 Å². The third-order valence-electron chi connectivity index (χ3n) is 3.36. The number of thioether (sulfide) groups is 2. The van der Waals surface area contributed by atoms with Gasteiger partial charge in [0.2, 0.25) is 11.8 Å². The highest BCUT2D eigenvalue weighted by Gasteiger charge is 2.57. The Kier molecular flexibility index (Phi) is 4.07. The summed E-state index contributed by atoms with van der Waals surface area (Å²) in [7, 11) is 0. The summed E-state index contributed by atoms with van der Waals surface area (Å²) in [4.78, 5) is 25.2. The van der Waals surface area contributed by atoms with Gasteiger partial charge in [-0.05, 0) is 19.1 Å². The minimum Gasteiger partial charge on any atom is -0.449 e. The molecular formula is C14H13NO5S2. The summed E-state index contributed by atoms with van der Waals surface area (Å²) < 4.78 is 5.41. The topological polar surface area (TPSA) is 87.1 Å². The molecule has 8 heteroatoms. The maximum atomic E-state index is 12.1. The fraction of sp³-hybridized carbons (Fsp3) is 0.286. The normalized spacial score (nSPS) is 24.8. The summed E-state index contributed by atoms with van der Waals surface area (Å²) in [6.07, 6.45) is -2.25. The predicted molar refractivity (Wildman–Crippen MR) is 81.8 cm³/mol. The highest BCUT2D eigenvalue weighted by atomic mass is 32.2. The van der Waals surface area contributed by atoms with Gasteiger partial charge in [-0.1, -0.05) is 41.7 Å². The molecule has 0 aliphatic carbocycles. The van der Waals surface area contributed by atoms with Crippen molar-refractivity contribution < 1.29 is 24.5 Å². The van der Waals surface area contributed by atoms with Crippen LogP contribution in [0.1, 0.15) is 6.92 Å². The molecule has 6 nitrogen and oxygen atoms in total. The van der Waals surface area contributed by atoms with Gasteiger partial charge in [-0.2, -0.15) is 0 Å². The Hall–Kier alpha value is -1.64. The molecule has 1 aromatic carbocycles. The fourth-order valence-corrected chi connectivity index (χ4v) is 5.14. The SMILES string of the molecule is CC(O)C1C(=O)N2C(OC(=O)O)=C(Sc3ccccc3)S[C@@H]12. The number of aliphatic hydroxyl groups excluding tert-OH is 1. The van der Waals surface area contributed by atoms with Crippen molar-refractivity contribution in [2.45, 2.75) is 23.3 Å². The number of aliphatic hydroxyl groups is 1. The zero-order chi connectivity index (χ0) is 15.9. The van der Waals surface area contributed by atoms with Crippen molar-refractivity contribution in [2.24, 2.45) is 5.92 Å². The molecule has 2 aliphatic heterocycles. The molecular weight excluding hydrogens is 326 g/mol. The van der Waals surface area contributed by atoms with Crippen molar-refractivity contribution >= 4 is 35.6 Å². The van der Waals surface area contributed by atoms with Crippen molar-refractivity contribution in [2.75, 3.05) is 0 Å². The van der Waals surface area contributed by atoms with Gasteiger partial charge in [0.25, 0.3) is 0 Å². The first kappa shape index (κ1) is 15.3. The molecule has 116 valence electrons. The van der Waals surface area contributed by atoms with E-state index in [1.54, 1.807) is 6.92 Å². The number of β-lactam (4-membered cyclic amide) rings is 1. The summed E-state index contributed by atoms with van der Waals surface area (Å²) >= 11 is 2.69. The minimum absolute atomic E-state index is 0.0400. The van der Waals surface area contributed by atoms with E-state index in [1.807, 2.05) is 30.3 Å². The van der Waals surface area contributed by atoms with Crippen molar-refractivity contribution in [1.29, 1.82) is 0 Å². The van der Waals surface area contributed by atoms with Gasteiger partial charge in [0.15, 0.2) is 0 Å². The molecule has 2 aliphatic rings. The number of carbonyl (C=O) groups excluding carboxylic acids is 1. The summed E-state index contributed by atoms with van der Waals surface area (Å²) in [5.41, 5.74) is 0. The average Bonchev–Trinajstić information content (AvgIpc) is 2.72. The first-order chi connectivity index (χ1) is 10.5. The Labute approximate surface area is 135 Å². The molecule has 3 rings (SSSR count). The van der Waals surface area contributed by atoms with Crippen LogP contribution in [0, 0.1) is 5.92 Å². The van der Waals surface area contributed by atoms with Crippen LogP contribution in [0.4, 0.5) is 4.79 Å². The average molecular weight is 339 g/mol. The Morgan fingerprint density at radius 3 is 2.68 bits per heavy atom. The lowest BCUT2D eigenvalue weighted by Gasteiger charge is -2.43. The number of amides is 1. The fourth-order valence-electron chi connectivity index (χ4n) is 2.37. The van der Waals surface area contributed by atoms with Gasteiger partial charge in [0.05, 0.1) is 12.0 Å². The van der Waals surface area contributed by atoms with Crippen LogP contribution in [0.15, 0.2) is 45.3 Å². The molecule has 1 saturated heterocycles. The van der Waals surface area contributed by atoms with E-state index in [1.165, 1.54) is 28.4 Å². The Morgan fingerprint density at radius 1 is 1.41 bits per heavy atom. The molecule has 0 saturated carbocycles. The van der Waals surface area contributed by atoms with E-state index < -0.39 is 18.2 Å². The number of carbonyl (C=O) groups is 2. The van der Waals surface area contributed by atoms with Crippen LogP contribution in [0.25, 0.3) is 0 Å². The van der Waals surface area contributed by atoms with Gasteiger partial charge >= 0.3 is 6.16 Å². The number of rotatable bonds is 4. The molecule has 1 fully saturated rings. The lowest BCUT2D eigenvalue weighted by molar-refractivity contribution is -0.155. The quantitative estimate of drug-likeness (QED) is 0.644. The molecule has 3 atom stereocenters. The largest absolute Gasteiger partial charge is 0.512 e. The molecule has 2 heterocycles. The first-order valence-corrected chi connectivity index (χ1v) is 8.24. The zero-order valence-electron chi connectivity index (χ0n) is 11.5. The molecule has 1 amide bonds. The van der Waals surface area contributed by atoms with Crippen LogP contribution in [0.5, 0.6) is 0 Å². The van der Waals surface area contributed by atoms with Gasteiger partial charge in [-0.15, -0.1) is 0 Å². The van der Waals surface area contributed by atoms with E-state index >= 15 is 0 Å². The molecule has 22 heavy (non-hydrogen) atoms. The second-order valence-corrected chi connectivity index (χ2v) is 7.33. The van der Waals surface area contributed by atoms with E-state index in [4.69, 9.17) is 9.84 Å². The molecule has 2 N–H and O–H groups in total. The van der Waals surface area contributed by atoms with E-state index in [0.29, 0.717) is 4.24 Å². The lowest BCUT2D eigenvalue weighted by Crippen LogP contribution is -2.60. The molecule has 1 aromatic rings. The highest BCUT2D eigenvalue weighted by molar-refractivity contribution is 8.22. The number of fused-ring (bicyclic) bond motifs is 1. The number of carboxylic acid groups (broad SMARTS) is 1. The Bertz CT molecular complexity index is 646. The van der Waals surface area contributed by atoms with Crippen molar-refractivity contribution in [3.63, 3.8) is 0 Å². The summed E-state index contributed by atoms with van der Waals surface area (Å²) in [6.45, 7) is 1.56. The van der Waals surface area contributed by atoms with Crippen LogP contribution in [-0.4, -0.2) is 38.7 Å². The van der Waals surface area contributed by atoms with Gasteiger partial charge < -0.3 is 14.9 Å². The number of hydrogen-bond donors (Lipinski definition) is 2. The molecule has 0 aromatic heterocycles. The van der Waals surface area contributed by atoms with E-state index in [0.717, 1.165) is 4.90 Å². The molecule has 0 radical (unpaired) electrons. The maximum absolute atomic E-state index is 12.1. The van der Waals surface area contributed by atoms with Gasteiger partial charge in [-0.3, -0.25) is 9.69 Å². The highest BCUT2D eigenvalue weighted by Crippen LogP contribution is 2.55. The zero-order valence-corrected chi connectivity index (χ0v) is 13.1. The summed E-state index contributed by atoms with van der Waals surface area (Å²) in [5, 5.41) is 18.3. The molecule has 2 unspecified atom stereocenters. The standard InChI is InChI=1S/C14H13NO5S2/c1-7(16)9-10(17)15-11(20-14(18)19)13(22-12(9)15)21-8-5-3-2-4-6-8/h2-7,9,12,16H,1H3,(H,18,19)/t7?,9?,12-/m0/s1. The summed E-state index contributed by atoms with van der Waals surface area (Å²) in [6, 6.07) is 9.41. The van der Waals surface area contributed by atoms with Crippen LogP contribution in [-0.2, 0) is 9.53 Å². The molecule has 0 spiro atoms. The van der Waals surface area contributed by atoms with Crippen LogP contribution < -0.4 is 0 Å². The maximum Gasteiger partial charge on any atom is 0.512 e. The van der Waals surface area contributed by atoms with E-state index in [2.05, 4.69) is 0 Å². The number of ether oxygens (including phenoxy) is 1. The van der Waals surface area contributed by atoms with Crippen LogP contribution >= 0.6 is 23.5 Å². The minimum atomic E-state index is -1.46. The molecule has 0 bridgehead atoms. The van der Waals surface area contributed by atoms with Crippen LogP contribution in [0.3, 0.4) is 0 Å². The third kappa shape index (κ3) is 2.57. The van der Waals surface area contributed by atoms with Crippen LogP contribution in [0.2, 0.25) is 0 Å². The Morgan fingerprint density at radius 2 is 2.09 bits per heavy atom. The number of nitrogens with zero attached hydrogens (tertiary/aromatic N) is 1. The van der Waals surface area contributed by atoms with Gasteiger partial charge in [-0.25, -0.2) is 4.79 Å². The third-order valence-corrected chi connectivity index (χ3v) is 5.90. The number of benzene rings is 1. The van der Waals surface area contributed by atoms with Crippen molar-refractivity contribution in [1.82, 2.24) is 4.90 Å². The monoisotopic (exact) mass is 339 g/mol. The first-order valence-electron chi connectivity index (χ1n) is 6.55. The van der Waals surface area contributed by atoms with Gasteiger partial charge in [0.1, 0.15) is 9.61 Å². The predicted octanol–water partition coefficient (Wildman–Crippen LogP) is 2.51. The lowest BCUT2D eigenvalue weighted by atomic mass is 9.93. The summed E-state index contributed by atoms with van der Waals surface area (Å²) in [5.74, 6) is -0.808. The Balaban J connectivity index is 1.87. The van der Waals surface area contributed by atoms with Crippen molar-refractivity contribution in [3.05, 3.63) is 40.5 Å². The van der Waals surface area contributed by atoms with E-state index in [9.17, 15) is 14.7 Å². The second kappa shape index (κ2) is 5.86. The second-order valence-electron chi connectivity index (χ2n) is 4.86. The van der Waals surface area contributed by atoms with Crippen molar-refractivity contribution in [3.8, 4) is 0 Å². The van der Waals surface area contributed by atoms with E-state index in [-0.39, 0.29) is 17.2 Å². The number of hydrogen-bond acceptors (Lipinski definition) is 6.